The van der Waals surface area contributed by atoms with Gasteiger partial charge in [0.15, 0.2) is 0 Å². The molecule has 2 aromatic carbocycles. The van der Waals surface area contributed by atoms with E-state index in [9.17, 15) is 4.39 Å². The van der Waals surface area contributed by atoms with Crippen LogP contribution >= 0.6 is 11.6 Å². The van der Waals surface area contributed by atoms with Gasteiger partial charge in [-0.05, 0) is 41.5 Å². The molecule has 0 radical (unpaired) electrons. The number of halogens is 2. The van der Waals surface area contributed by atoms with Gasteiger partial charge in [-0.25, -0.2) is 4.39 Å². The summed E-state index contributed by atoms with van der Waals surface area (Å²) in [6.07, 6.45) is 0. The van der Waals surface area contributed by atoms with Crippen LogP contribution in [0.15, 0.2) is 42.5 Å². The van der Waals surface area contributed by atoms with Gasteiger partial charge in [0.25, 0.3) is 0 Å². The van der Waals surface area contributed by atoms with Crippen LogP contribution in [0.5, 0.6) is 0 Å². The van der Waals surface area contributed by atoms with Crippen LogP contribution in [0.4, 0.5) is 4.39 Å². The lowest BCUT2D eigenvalue weighted by Gasteiger charge is -2.05. The molecule has 0 unspecified atom stereocenters. The van der Waals surface area contributed by atoms with Crippen LogP contribution in [-0.4, -0.2) is 0 Å². The molecular formula is C15H11ClFNO. The second-order valence-electron chi connectivity index (χ2n) is 4.08. The Morgan fingerprint density at radius 1 is 1.11 bits per heavy atom. The van der Waals surface area contributed by atoms with Crippen LogP contribution in [0.25, 0.3) is 0 Å². The number of nitrogens with zero attached hydrogens (tertiary/aromatic N) is 1. The van der Waals surface area contributed by atoms with Crippen molar-refractivity contribution in [1.29, 1.82) is 5.26 Å². The molecule has 2 rings (SSSR count). The van der Waals surface area contributed by atoms with Gasteiger partial charge in [-0.2, -0.15) is 5.26 Å². The quantitative estimate of drug-likeness (QED) is 0.843. The lowest BCUT2D eigenvalue weighted by atomic mass is 10.1. The summed E-state index contributed by atoms with van der Waals surface area (Å²) in [6.45, 7) is 0.637. The average Bonchev–Trinajstić information content (AvgIpc) is 2.38. The smallest absolute Gasteiger partial charge is 0.124 e. The Balaban J connectivity index is 1.96. The van der Waals surface area contributed by atoms with E-state index < -0.39 is 5.82 Å². The van der Waals surface area contributed by atoms with E-state index in [4.69, 9.17) is 21.6 Å². The third kappa shape index (κ3) is 4.06. The van der Waals surface area contributed by atoms with Crippen LogP contribution < -0.4 is 0 Å². The van der Waals surface area contributed by atoms with Crippen LogP contribution in [-0.2, 0) is 18.0 Å². The Hall–Kier alpha value is -1.89. The Kier molecular flexibility index (Phi) is 4.51. The van der Waals surface area contributed by atoms with E-state index in [1.165, 1.54) is 12.1 Å². The summed E-state index contributed by atoms with van der Waals surface area (Å²) in [6, 6.07) is 13.4. The molecule has 2 nitrogen and oxygen atoms in total. The van der Waals surface area contributed by atoms with Crippen molar-refractivity contribution in [3.63, 3.8) is 0 Å². The maximum Gasteiger partial charge on any atom is 0.124 e. The van der Waals surface area contributed by atoms with Crippen LogP contribution in [0.1, 0.15) is 16.7 Å². The van der Waals surface area contributed by atoms with E-state index >= 15 is 0 Å². The summed E-state index contributed by atoms with van der Waals surface area (Å²) in [5.41, 5.74) is 1.88. The highest BCUT2D eigenvalue weighted by Crippen LogP contribution is 2.13. The van der Waals surface area contributed by atoms with Crippen LogP contribution in [0, 0.1) is 17.1 Å². The van der Waals surface area contributed by atoms with Gasteiger partial charge in [0, 0.05) is 5.02 Å². The summed E-state index contributed by atoms with van der Waals surface area (Å²) in [4.78, 5) is 0. The zero-order chi connectivity index (χ0) is 13.7. The number of ether oxygens (including phenoxy) is 1. The van der Waals surface area contributed by atoms with E-state index in [0.717, 1.165) is 5.56 Å². The fourth-order valence-electron chi connectivity index (χ4n) is 1.71. The van der Waals surface area contributed by atoms with E-state index in [1.807, 2.05) is 24.3 Å². The molecule has 0 saturated carbocycles. The molecule has 0 fully saturated rings. The highest BCUT2D eigenvalue weighted by atomic mass is 35.5. The molecule has 0 spiro atoms. The molecule has 0 aromatic heterocycles. The second-order valence-corrected chi connectivity index (χ2v) is 4.52. The number of hydrogen-bond acceptors (Lipinski definition) is 2. The minimum absolute atomic E-state index is 0.249. The maximum absolute atomic E-state index is 13.2. The van der Waals surface area contributed by atoms with Gasteiger partial charge in [-0.1, -0.05) is 23.7 Å². The Bertz CT molecular complexity index is 622. The summed E-state index contributed by atoms with van der Waals surface area (Å²) >= 11 is 5.86. The van der Waals surface area contributed by atoms with Crippen molar-refractivity contribution < 1.29 is 9.13 Å². The molecule has 0 heterocycles. The molecule has 0 saturated heterocycles. The molecule has 0 aliphatic rings. The molecule has 2 aromatic rings. The normalized spacial score (nSPS) is 10.2. The summed E-state index contributed by atoms with van der Waals surface area (Å²) in [5.74, 6) is -0.430. The molecule has 0 aliphatic heterocycles. The molecule has 4 heteroatoms. The minimum Gasteiger partial charge on any atom is -0.372 e. The lowest BCUT2D eigenvalue weighted by molar-refractivity contribution is 0.107. The van der Waals surface area contributed by atoms with Crippen molar-refractivity contribution in [3.05, 3.63) is 70.0 Å². The first kappa shape index (κ1) is 13.5. The van der Waals surface area contributed by atoms with Crippen molar-refractivity contribution in [2.24, 2.45) is 0 Å². The first-order chi connectivity index (χ1) is 9.17. The summed E-state index contributed by atoms with van der Waals surface area (Å²) in [7, 11) is 0. The van der Waals surface area contributed by atoms with Gasteiger partial charge >= 0.3 is 0 Å². The van der Waals surface area contributed by atoms with Gasteiger partial charge in [0.1, 0.15) is 5.82 Å². The minimum atomic E-state index is -0.430. The lowest BCUT2D eigenvalue weighted by Crippen LogP contribution is -1.95. The van der Waals surface area contributed by atoms with Crippen molar-refractivity contribution in [2.45, 2.75) is 13.2 Å². The molecule has 0 aliphatic carbocycles. The largest absolute Gasteiger partial charge is 0.372 e. The molecular weight excluding hydrogens is 265 g/mol. The van der Waals surface area contributed by atoms with E-state index in [0.29, 0.717) is 22.8 Å². The Morgan fingerprint density at radius 3 is 2.63 bits per heavy atom. The van der Waals surface area contributed by atoms with Gasteiger partial charge in [-0.3, -0.25) is 0 Å². The van der Waals surface area contributed by atoms with Gasteiger partial charge < -0.3 is 4.74 Å². The topological polar surface area (TPSA) is 33.0 Å². The zero-order valence-corrected chi connectivity index (χ0v) is 10.8. The fourth-order valence-corrected chi connectivity index (χ4v) is 1.92. The van der Waals surface area contributed by atoms with E-state index in [1.54, 1.807) is 12.1 Å². The third-order valence-electron chi connectivity index (χ3n) is 2.51. The molecule has 19 heavy (non-hydrogen) atoms. The molecule has 0 atom stereocenters. The first-order valence-corrected chi connectivity index (χ1v) is 6.07. The van der Waals surface area contributed by atoms with Crippen molar-refractivity contribution in [1.82, 2.24) is 0 Å². The van der Waals surface area contributed by atoms with Crippen molar-refractivity contribution in [2.75, 3.05) is 0 Å². The fraction of sp³-hybridized carbons (Fsp3) is 0.133. The standard InChI is InChI=1S/C15H11ClFNO/c16-14-3-1-2-11(5-14)9-19-10-13-4-12(8-18)6-15(17)7-13/h1-7H,9-10H2. The summed E-state index contributed by atoms with van der Waals surface area (Å²) < 4.78 is 18.7. The van der Waals surface area contributed by atoms with Crippen LogP contribution in [0.2, 0.25) is 5.02 Å². The number of benzene rings is 2. The first-order valence-electron chi connectivity index (χ1n) is 5.69. The van der Waals surface area contributed by atoms with Gasteiger partial charge in [-0.15, -0.1) is 0 Å². The highest BCUT2D eigenvalue weighted by molar-refractivity contribution is 6.30. The van der Waals surface area contributed by atoms with Crippen molar-refractivity contribution in [3.8, 4) is 6.07 Å². The second kappa shape index (κ2) is 6.33. The Morgan fingerprint density at radius 2 is 1.89 bits per heavy atom. The Labute approximate surface area is 116 Å². The number of nitriles is 1. The maximum atomic E-state index is 13.2. The van der Waals surface area contributed by atoms with E-state index in [2.05, 4.69) is 0 Å². The zero-order valence-electron chi connectivity index (χ0n) is 10.1. The van der Waals surface area contributed by atoms with Crippen LogP contribution in [0.3, 0.4) is 0 Å². The number of hydrogen-bond donors (Lipinski definition) is 0. The third-order valence-corrected chi connectivity index (χ3v) is 2.75. The molecule has 0 bridgehead atoms. The summed E-state index contributed by atoms with van der Waals surface area (Å²) in [5, 5.41) is 9.40. The highest BCUT2D eigenvalue weighted by Gasteiger charge is 2.01. The monoisotopic (exact) mass is 275 g/mol. The molecule has 0 N–H and O–H groups in total. The number of rotatable bonds is 4. The van der Waals surface area contributed by atoms with Gasteiger partial charge in [0.2, 0.25) is 0 Å². The molecule has 96 valence electrons. The molecule has 0 amide bonds. The SMILES string of the molecule is N#Cc1cc(F)cc(COCc2cccc(Cl)c2)c1. The average molecular weight is 276 g/mol. The van der Waals surface area contributed by atoms with Gasteiger partial charge in [0.05, 0.1) is 24.8 Å². The predicted octanol–water partition coefficient (Wildman–Crippen LogP) is 4.07. The van der Waals surface area contributed by atoms with E-state index in [-0.39, 0.29) is 6.61 Å². The predicted molar refractivity (Wildman–Crippen MR) is 71.1 cm³/mol. The van der Waals surface area contributed by atoms with Crippen molar-refractivity contribution >= 4 is 11.6 Å².